The summed E-state index contributed by atoms with van der Waals surface area (Å²) < 4.78 is 5.36. The molecule has 3 N–H and O–H groups in total. The van der Waals surface area contributed by atoms with Gasteiger partial charge in [0.1, 0.15) is 5.75 Å². The van der Waals surface area contributed by atoms with Gasteiger partial charge in [0.25, 0.3) is 0 Å². The van der Waals surface area contributed by atoms with Crippen molar-refractivity contribution in [1.82, 2.24) is 0 Å². The zero-order valence-electron chi connectivity index (χ0n) is 11.8. The molecular formula is C16H20N2OS. The minimum Gasteiger partial charge on any atom is -0.495 e. The normalized spacial score (nSPS) is 11.9. The number of methoxy groups -OCH3 is 1. The van der Waals surface area contributed by atoms with Crippen LogP contribution in [0.2, 0.25) is 0 Å². The lowest BCUT2D eigenvalue weighted by atomic mass is 10.1. The van der Waals surface area contributed by atoms with Crippen LogP contribution >= 0.6 is 11.8 Å². The van der Waals surface area contributed by atoms with Crippen LogP contribution < -0.4 is 15.8 Å². The molecule has 20 heavy (non-hydrogen) atoms. The lowest BCUT2D eigenvalue weighted by Gasteiger charge is -2.20. The van der Waals surface area contributed by atoms with Gasteiger partial charge in [-0.05, 0) is 36.1 Å². The first kappa shape index (κ1) is 14.8. The fraction of sp³-hybridized carbons (Fsp3) is 0.250. The Bertz CT molecular complexity index is 542. The first-order valence-corrected chi connectivity index (χ1v) is 7.74. The van der Waals surface area contributed by atoms with Crippen molar-refractivity contribution in [2.45, 2.75) is 10.9 Å². The molecule has 2 rings (SSSR count). The summed E-state index contributed by atoms with van der Waals surface area (Å²) in [5.41, 5.74) is 8.04. The lowest BCUT2D eigenvalue weighted by molar-refractivity contribution is 0.416. The average molecular weight is 288 g/mol. The molecule has 2 aromatic rings. The van der Waals surface area contributed by atoms with E-state index < -0.39 is 0 Å². The summed E-state index contributed by atoms with van der Waals surface area (Å²) in [6.07, 6.45) is 2.07. The summed E-state index contributed by atoms with van der Waals surface area (Å²) in [6, 6.07) is 16.4. The SMILES string of the molecule is COc1ccccc1NC(CN)c1ccc(SC)cc1. The number of hydrogen-bond donors (Lipinski definition) is 2. The fourth-order valence-electron chi connectivity index (χ4n) is 2.07. The third-order valence-electron chi connectivity index (χ3n) is 3.19. The van der Waals surface area contributed by atoms with Gasteiger partial charge in [0.05, 0.1) is 18.8 Å². The van der Waals surface area contributed by atoms with Crippen LogP contribution in [0.1, 0.15) is 11.6 Å². The smallest absolute Gasteiger partial charge is 0.141 e. The number of thioether (sulfide) groups is 1. The van der Waals surface area contributed by atoms with Crippen molar-refractivity contribution in [2.75, 3.05) is 25.2 Å². The molecule has 2 aromatic carbocycles. The van der Waals surface area contributed by atoms with E-state index in [2.05, 4.69) is 35.8 Å². The molecule has 1 atom stereocenters. The van der Waals surface area contributed by atoms with Gasteiger partial charge < -0.3 is 15.8 Å². The third-order valence-corrected chi connectivity index (χ3v) is 3.93. The first-order valence-electron chi connectivity index (χ1n) is 6.52. The molecule has 0 spiro atoms. The van der Waals surface area contributed by atoms with Crippen LogP contribution in [0, 0.1) is 0 Å². The Morgan fingerprint density at radius 1 is 1.15 bits per heavy atom. The number of rotatable bonds is 6. The van der Waals surface area contributed by atoms with Gasteiger partial charge in [-0.2, -0.15) is 0 Å². The van der Waals surface area contributed by atoms with E-state index >= 15 is 0 Å². The summed E-state index contributed by atoms with van der Waals surface area (Å²) in [7, 11) is 1.67. The molecule has 1 unspecified atom stereocenters. The number of hydrogen-bond acceptors (Lipinski definition) is 4. The van der Waals surface area contributed by atoms with Gasteiger partial charge in [0.2, 0.25) is 0 Å². The Morgan fingerprint density at radius 3 is 2.45 bits per heavy atom. The largest absolute Gasteiger partial charge is 0.495 e. The van der Waals surface area contributed by atoms with Gasteiger partial charge in [-0.25, -0.2) is 0 Å². The number of ether oxygens (including phenoxy) is 1. The van der Waals surface area contributed by atoms with Gasteiger partial charge >= 0.3 is 0 Å². The molecule has 0 heterocycles. The highest BCUT2D eigenvalue weighted by Crippen LogP contribution is 2.28. The van der Waals surface area contributed by atoms with E-state index in [0.717, 1.165) is 11.4 Å². The van der Waals surface area contributed by atoms with Crippen molar-refractivity contribution in [2.24, 2.45) is 5.73 Å². The van der Waals surface area contributed by atoms with Crippen LogP contribution in [0.3, 0.4) is 0 Å². The number of nitrogens with two attached hydrogens (primary N) is 1. The molecule has 0 aromatic heterocycles. The highest BCUT2D eigenvalue weighted by atomic mass is 32.2. The average Bonchev–Trinajstić information content (AvgIpc) is 2.53. The minimum absolute atomic E-state index is 0.0715. The van der Waals surface area contributed by atoms with E-state index in [1.807, 2.05) is 24.3 Å². The highest BCUT2D eigenvalue weighted by Gasteiger charge is 2.11. The van der Waals surface area contributed by atoms with Crippen molar-refractivity contribution in [1.29, 1.82) is 0 Å². The monoisotopic (exact) mass is 288 g/mol. The van der Waals surface area contributed by atoms with Crippen LogP contribution in [0.15, 0.2) is 53.4 Å². The summed E-state index contributed by atoms with van der Waals surface area (Å²) in [5.74, 6) is 0.826. The van der Waals surface area contributed by atoms with Crippen LogP contribution in [0.5, 0.6) is 5.75 Å². The maximum atomic E-state index is 5.91. The van der Waals surface area contributed by atoms with E-state index in [4.69, 9.17) is 10.5 Å². The molecule has 0 fully saturated rings. The Balaban J connectivity index is 2.19. The standard InChI is InChI=1S/C16H20N2OS/c1-19-16-6-4-3-5-14(16)18-15(11-17)12-7-9-13(20-2)10-8-12/h3-10,15,18H,11,17H2,1-2H3. The number of anilines is 1. The zero-order valence-corrected chi connectivity index (χ0v) is 12.6. The topological polar surface area (TPSA) is 47.3 Å². The molecule has 0 aliphatic rings. The van der Waals surface area contributed by atoms with E-state index in [1.165, 1.54) is 10.5 Å². The van der Waals surface area contributed by atoms with Gasteiger partial charge in [0, 0.05) is 11.4 Å². The van der Waals surface area contributed by atoms with Gasteiger partial charge in [0.15, 0.2) is 0 Å². The first-order chi connectivity index (χ1) is 9.78. The fourth-order valence-corrected chi connectivity index (χ4v) is 2.47. The molecule has 0 saturated carbocycles. The maximum absolute atomic E-state index is 5.91. The van der Waals surface area contributed by atoms with Gasteiger partial charge in [-0.3, -0.25) is 0 Å². The molecule has 0 aliphatic heterocycles. The van der Waals surface area contributed by atoms with Gasteiger partial charge in [-0.15, -0.1) is 11.8 Å². The Kier molecular flexibility index (Phi) is 5.32. The molecule has 106 valence electrons. The second kappa shape index (κ2) is 7.22. The molecule has 3 nitrogen and oxygen atoms in total. The van der Waals surface area contributed by atoms with Crippen molar-refractivity contribution in [3.63, 3.8) is 0 Å². The lowest BCUT2D eigenvalue weighted by Crippen LogP contribution is -2.20. The highest BCUT2D eigenvalue weighted by molar-refractivity contribution is 7.98. The van der Waals surface area contributed by atoms with Crippen LogP contribution in [0.4, 0.5) is 5.69 Å². The van der Waals surface area contributed by atoms with Crippen LogP contribution in [0.25, 0.3) is 0 Å². The maximum Gasteiger partial charge on any atom is 0.141 e. The minimum atomic E-state index is 0.0715. The molecule has 0 saturated heterocycles. The van der Waals surface area contributed by atoms with E-state index in [-0.39, 0.29) is 6.04 Å². The van der Waals surface area contributed by atoms with Crippen molar-refractivity contribution in [3.8, 4) is 5.75 Å². The second-order valence-electron chi connectivity index (χ2n) is 4.41. The van der Waals surface area contributed by atoms with Crippen molar-refractivity contribution in [3.05, 3.63) is 54.1 Å². The summed E-state index contributed by atoms with van der Waals surface area (Å²) in [6.45, 7) is 0.524. The quantitative estimate of drug-likeness (QED) is 0.798. The Hall–Kier alpha value is -1.65. The van der Waals surface area contributed by atoms with E-state index in [1.54, 1.807) is 18.9 Å². The predicted molar refractivity (Wildman–Crippen MR) is 86.6 cm³/mol. The predicted octanol–water partition coefficient (Wildman–Crippen LogP) is 3.53. The molecule has 0 amide bonds. The van der Waals surface area contributed by atoms with Crippen LogP contribution in [-0.4, -0.2) is 19.9 Å². The number of para-hydroxylation sites is 2. The molecule has 0 bridgehead atoms. The summed E-state index contributed by atoms with van der Waals surface area (Å²) in [5, 5.41) is 3.45. The van der Waals surface area contributed by atoms with E-state index in [9.17, 15) is 0 Å². The number of nitrogens with one attached hydrogen (secondary N) is 1. The van der Waals surface area contributed by atoms with E-state index in [0.29, 0.717) is 6.54 Å². The third kappa shape index (κ3) is 3.46. The van der Waals surface area contributed by atoms with Crippen LogP contribution in [-0.2, 0) is 0 Å². The number of benzene rings is 2. The summed E-state index contributed by atoms with van der Waals surface area (Å²) >= 11 is 1.74. The summed E-state index contributed by atoms with van der Waals surface area (Å²) in [4.78, 5) is 1.25. The molecule has 4 heteroatoms. The van der Waals surface area contributed by atoms with Crippen molar-refractivity contribution >= 4 is 17.4 Å². The second-order valence-corrected chi connectivity index (χ2v) is 5.29. The Morgan fingerprint density at radius 2 is 1.85 bits per heavy atom. The zero-order chi connectivity index (χ0) is 14.4. The molecule has 0 radical (unpaired) electrons. The molecule has 0 aliphatic carbocycles. The Labute approximate surface area is 124 Å². The molecular weight excluding hydrogens is 268 g/mol. The van der Waals surface area contributed by atoms with Gasteiger partial charge in [-0.1, -0.05) is 24.3 Å². The van der Waals surface area contributed by atoms with Crippen molar-refractivity contribution < 1.29 is 4.74 Å².